The molecule has 0 aromatic carbocycles. The molecule has 1 aromatic rings. The molecule has 0 aliphatic carbocycles. The van der Waals surface area contributed by atoms with Gasteiger partial charge in [0.15, 0.2) is 0 Å². The van der Waals surface area contributed by atoms with Gasteiger partial charge in [-0.25, -0.2) is 0 Å². The molecule has 0 bridgehead atoms. The third kappa shape index (κ3) is 0.789. The lowest BCUT2D eigenvalue weighted by atomic mass is 10.4. The Morgan fingerprint density at radius 2 is 2.45 bits per heavy atom. The lowest BCUT2D eigenvalue weighted by Gasteiger charge is -1.89. The topological polar surface area (TPSA) is 0 Å². The standard InChI is InChI=1S/C8H5S2Si/c1-3-10-8-5(1)7-6(11-8)2-4-9-7/h1-3H,4H2. The van der Waals surface area contributed by atoms with E-state index in [1.165, 1.54) is 11.0 Å². The van der Waals surface area contributed by atoms with Crippen molar-refractivity contribution in [2.45, 2.75) is 0 Å². The van der Waals surface area contributed by atoms with E-state index < -0.39 is 0 Å². The van der Waals surface area contributed by atoms with Crippen molar-refractivity contribution in [3.8, 4) is 0 Å². The first kappa shape index (κ1) is 6.40. The van der Waals surface area contributed by atoms with E-state index in [4.69, 9.17) is 0 Å². The molecule has 53 valence electrons. The Hall–Kier alpha value is -0.123. The molecular formula is C8H5S2Si. The Kier molecular flexibility index (Phi) is 1.27. The van der Waals surface area contributed by atoms with Crippen molar-refractivity contribution in [3.05, 3.63) is 32.1 Å². The maximum Gasteiger partial charge on any atom is 0.0844 e. The van der Waals surface area contributed by atoms with Gasteiger partial charge >= 0.3 is 0 Å². The molecule has 3 rings (SSSR count). The van der Waals surface area contributed by atoms with E-state index in [2.05, 4.69) is 17.5 Å². The van der Waals surface area contributed by atoms with Gasteiger partial charge in [-0.3, -0.25) is 0 Å². The van der Waals surface area contributed by atoms with Gasteiger partial charge in [0.05, 0.1) is 9.13 Å². The molecule has 0 amide bonds. The highest BCUT2D eigenvalue weighted by atomic mass is 32.2. The van der Waals surface area contributed by atoms with Crippen molar-refractivity contribution in [1.29, 1.82) is 0 Å². The highest BCUT2D eigenvalue weighted by Crippen LogP contribution is 2.32. The maximum atomic E-state index is 2.38. The normalized spacial score (nSPS) is 19.3. The van der Waals surface area contributed by atoms with Crippen LogP contribution in [-0.2, 0) is 0 Å². The zero-order chi connectivity index (χ0) is 7.26. The number of rotatable bonds is 0. The third-order valence-electron chi connectivity index (χ3n) is 1.92. The molecule has 2 aliphatic rings. The lowest BCUT2D eigenvalue weighted by molar-refractivity contribution is 1.78. The fraction of sp³-hybridized carbons (Fsp3) is 0.125. The summed E-state index contributed by atoms with van der Waals surface area (Å²) in [6.07, 6.45) is 2.38. The third-order valence-corrected chi connectivity index (χ3v) is 5.77. The van der Waals surface area contributed by atoms with Crippen molar-refractivity contribution in [2.24, 2.45) is 0 Å². The van der Waals surface area contributed by atoms with Gasteiger partial charge in [0.25, 0.3) is 0 Å². The van der Waals surface area contributed by atoms with E-state index in [9.17, 15) is 0 Å². The van der Waals surface area contributed by atoms with E-state index in [1.807, 2.05) is 23.1 Å². The van der Waals surface area contributed by atoms with Crippen LogP contribution in [0.4, 0.5) is 0 Å². The molecule has 0 nitrogen and oxygen atoms in total. The van der Waals surface area contributed by atoms with Gasteiger partial charge in [-0.05, 0) is 16.6 Å². The molecule has 0 spiro atoms. The molecule has 0 saturated heterocycles. The van der Waals surface area contributed by atoms with Crippen LogP contribution < -0.4 is 5.22 Å². The monoisotopic (exact) mass is 193 g/mol. The Balaban J connectivity index is 2.55. The number of hydrogen-bond acceptors (Lipinski definition) is 2. The fourth-order valence-electron chi connectivity index (χ4n) is 1.42. The first-order valence-corrected chi connectivity index (χ1v) is 6.37. The van der Waals surface area contributed by atoms with Gasteiger partial charge in [0.2, 0.25) is 0 Å². The second-order valence-electron chi connectivity index (χ2n) is 2.55. The number of thiophene rings is 1. The van der Waals surface area contributed by atoms with Crippen molar-refractivity contribution >= 4 is 37.1 Å². The summed E-state index contributed by atoms with van der Waals surface area (Å²) in [6.45, 7) is 0. The van der Waals surface area contributed by atoms with Gasteiger partial charge in [-0.1, -0.05) is 6.08 Å². The molecule has 0 saturated carbocycles. The van der Waals surface area contributed by atoms with Gasteiger partial charge in [0.1, 0.15) is 0 Å². The van der Waals surface area contributed by atoms with Crippen molar-refractivity contribution < 1.29 is 0 Å². The minimum absolute atomic E-state index is 0.960. The second-order valence-corrected chi connectivity index (χ2v) is 6.14. The van der Waals surface area contributed by atoms with E-state index in [0.29, 0.717) is 0 Å². The summed E-state index contributed by atoms with van der Waals surface area (Å²) in [4.78, 5) is 1.57. The van der Waals surface area contributed by atoms with Crippen LogP contribution in [0.3, 0.4) is 0 Å². The number of hydrogen-bond donors (Lipinski definition) is 0. The van der Waals surface area contributed by atoms with Gasteiger partial charge < -0.3 is 0 Å². The summed E-state index contributed by atoms with van der Waals surface area (Å²) in [5, 5.41) is 5.35. The molecule has 1 aromatic heterocycles. The Morgan fingerprint density at radius 3 is 3.45 bits per heavy atom. The first-order chi connectivity index (χ1) is 5.45. The minimum atomic E-state index is 0.960. The summed E-state index contributed by atoms with van der Waals surface area (Å²) in [7, 11) is 0.960. The molecule has 11 heavy (non-hydrogen) atoms. The molecule has 2 aliphatic heterocycles. The van der Waals surface area contributed by atoms with E-state index in [0.717, 1.165) is 9.13 Å². The molecule has 0 fully saturated rings. The highest BCUT2D eigenvalue weighted by Gasteiger charge is 2.16. The number of fused-ring (bicyclic) bond motifs is 2. The summed E-state index contributed by atoms with van der Waals surface area (Å²) in [5.74, 6) is 1.20. The van der Waals surface area contributed by atoms with Crippen LogP contribution in [0.2, 0.25) is 0 Å². The number of thioether (sulfide) groups is 1. The highest BCUT2D eigenvalue weighted by molar-refractivity contribution is 8.08. The fourth-order valence-corrected chi connectivity index (χ4v) is 5.52. The van der Waals surface area contributed by atoms with E-state index >= 15 is 0 Å². The van der Waals surface area contributed by atoms with Crippen LogP contribution >= 0.6 is 23.1 Å². The van der Waals surface area contributed by atoms with Crippen LogP contribution in [0.1, 0.15) is 0 Å². The molecule has 3 heterocycles. The van der Waals surface area contributed by atoms with Crippen LogP contribution in [0.5, 0.6) is 0 Å². The van der Waals surface area contributed by atoms with Crippen LogP contribution in [-0.4, -0.2) is 14.9 Å². The van der Waals surface area contributed by atoms with Gasteiger partial charge in [-0.15, -0.1) is 23.1 Å². The second kappa shape index (κ2) is 2.18. The average Bonchev–Trinajstić information content (AvgIpc) is 2.52. The predicted molar refractivity (Wildman–Crippen MR) is 52.5 cm³/mol. The zero-order valence-electron chi connectivity index (χ0n) is 5.76. The van der Waals surface area contributed by atoms with Crippen LogP contribution in [0.25, 0.3) is 4.91 Å². The molecule has 0 N–H and O–H groups in total. The summed E-state index contributed by atoms with van der Waals surface area (Å²) in [6, 6.07) is 2.27. The van der Waals surface area contributed by atoms with Gasteiger partial charge in [0, 0.05) is 20.0 Å². The Bertz CT molecular complexity index is 453. The minimum Gasteiger partial charge on any atom is -0.149 e. The average molecular weight is 193 g/mol. The molecule has 3 heteroatoms. The first-order valence-electron chi connectivity index (χ1n) is 3.50. The maximum absolute atomic E-state index is 2.38. The summed E-state index contributed by atoms with van der Waals surface area (Å²) in [5.41, 5.74) is 0. The smallest absolute Gasteiger partial charge is 0.0844 e. The quantitative estimate of drug-likeness (QED) is 0.562. The predicted octanol–water partition coefficient (Wildman–Crippen LogP) is 1.46. The molecular weight excluding hydrogens is 188 g/mol. The van der Waals surface area contributed by atoms with Crippen LogP contribution in [0.15, 0.2) is 22.7 Å². The van der Waals surface area contributed by atoms with E-state index in [-0.39, 0.29) is 0 Å². The molecule has 1 radical (unpaired) electrons. The summed E-state index contributed by atoms with van der Waals surface area (Å²) >= 11 is 3.90. The SMILES string of the molecule is C1=C2[Si]=c3sccc3=C2SC1. The van der Waals surface area contributed by atoms with Crippen molar-refractivity contribution in [2.75, 3.05) is 5.75 Å². The van der Waals surface area contributed by atoms with Crippen LogP contribution in [0, 0.1) is 4.13 Å². The lowest BCUT2D eigenvalue weighted by Crippen LogP contribution is -1.94. The zero-order valence-corrected chi connectivity index (χ0v) is 8.39. The largest absolute Gasteiger partial charge is 0.149 e. The van der Waals surface area contributed by atoms with Crippen molar-refractivity contribution in [3.63, 3.8) is 0 Å². The van der Waals surface area contributed by atoms with Gasteiger partial charge in [-0.2, -0.15) is 0 Å². The molecule has 0 atom stereocenters. The molecule has 0 unspecified atom stereocenters. The Labute approximate surface area is 75.1 Å². The van der Waals surface area contributed by atoms with Crippen molar-refractivity contribution in [1.82, 2.24) is 0 Å². The Morgan fingerprint density at radius 1 is 1.45 bits per heavy atom. The van der Waals surface area contributed by atoms with E-state index in [1.54, 1.807) is 14.2 Å². The summed E-state index contributed by atoms with van der Waals surface area (Å²) < 4.78 is 1.60.